The first-order valence-electron chi connectivity index (χ1n) is 7.90. The average molecular weight is 334 g/mol. The van der Waals surface area contributed by atoms with Gasteiger partial charge in [-0.1, -0.05) is 30.9 Å². The predicted molar refractivity (Wildman–Crippen MR) is 90.8 cm³/mol. The van der Waals surface area contributed by atoms with Crippen molar-refractivity contribution in [2.75, 3.05) is 7.11 Å². The lowest BCUT2D eigenvalue weighted by molar-refractivity contribution is -0.118. The van der Waals surface area contributed by atoms with Crippen LogP contribution in [-0.4, -0.2) is 19.1 Å². The molecule has 0 aromatic heterocycles. The van der Waals surface area contributed by atoms with Crippen molar-refractivity contribution in [3.8, 4) is 11.5 Å². The zero-order valence-corrected chi connectivity index (χ0v) is 13.9. The molecule has 1 saturated carbocycles. The van der Waals surface area contributed by atoms with Crippen LogP contribution < -0.4 is 14.8 Å². The normalized spacial score (nSPS) is 17.6. The van der Waals surface area contributed by atoms with Crippen LogP contribution >= 0.6 is 11.6 Å². The Labute approximate surface area is 141 Å². The summed E-state index contributed by atoms with van der Waals surface area (Å²) < 4.78 is 10.9. The number of hydrogen-bond donors (Lipinski definition) is 1. The third-order valence-corrected chi connectivity index (χ3v) is 4.43. The highest BCUT2D eigenvalue weighted by Crippen LogP contribution is 2.37. The maximum absolute atomic E-state index is 12.5. The lowest BCUT2D eigenvalue weighted by Gasteiger charge is -2.22. The topological polar surface area (TPSA) is 47.6 Å². The van der Waals surface area contributed by atoms with Gasteiger partial charge in [-0.15, -0.1) is 0 Å². The highest BCUT2D eigenvalue weighted by atomic mass is 35.5. The number of ether oxygens (including phenoxy) is 2. The van der Waals surface area contributed by atoms with Crippen LogP contribution in [0, 0.1) is 0 Å². The van der Waals surface area contributed by atoms with Gasteiger partial charge in [0.1, 0.15) is 0 Å². The molecule has 1 aliphatic heterocycles. The first-order valence-corrected chi connectivity index (χ1v) is 8.28. The van der Waals surface area contributed by atoms with Crippen LogP contribution in [0.4, 0.5) is 0 Å². The fourth-order valence-corrected chi connectivity index (χ4v) is 3.24. The van der Waals surface area contributed by atoms with Crippen molar-refractivity contribution in [2.24, 2.45) is 0 Å². The minimum atomic E-state index is -0.0801. The van der Waals surface area contributed by atoms with Crippen LogP contribution in [0.1, 0.15) is 37.7 Å². The van der Waals surface area contributed by atoms with Crippen molar-refractivity contribution in [3.05, 3.63) is 40.6 Å². The van der Waals surface area contributed by atoms with E-state index in [1.165, 1.54) is 25.5 Å². The minimum absolute atomic E-state index is 0.0801. The molecule has 1 N–H and O–H groups in total. The van der Waals surface area contributed by atoms with Crippen LogP contribution in [-0.2, 0) is 4.79 Å². The number of benzene rings is 1. The highest BCUT2D eigenvalue weighted by molar-refractivity contribution is 6.31. The van der Waals surface area contributed by atoms with Crippen LogP contribution in [0.15, 0.2) is 30.0 Å². The lowest BCUT2D eigenvalue weighted by atomic mass is 9.95. The number of hydrogen-bond acceptors (Lipinski definition) is 3. The Bertz CT molecular complexity index is 660. The molecule has 0 atom stereocenters. The number of carbonyl (C=O) groups is 1. The molecule has 1 amide bonds. The summed E-state index contributed by atoms with van der Waals surface area (Å²) in [6.45, 7) is 0. The van der Waals surface area contributed by atoms with E-state index in [-0.39, 0.29) is 11.9 Å². The number of halogens is 1. The second kappa shape index (κ2) is 7.09. The predicted octanol–water partition coefficient (Wildman–Crippen LogP) is 4.09. The maximum Gasteiger partial charge on any atom is 0.251 e. The van der Waals surface area contributed by atoms with Crippen molar-refractivity contribution in [3.63, 3.8) is 0 Å². The summed E-state index contributed by atoms with van der Waals surface area (Å²) in [5, 5.41) is 3.65. The fourth-order valence-electron chi connectivity index (χ4n) is 3.02. The molecule has 4 nitrogen and oxygen atoms in total. The molecule has 2 aliphatic rings. The smallest absolute Gasteiger partial charge is 0.251 e. The summed E-state index contributed by atoms with van der Waals surface area (Å²) in [4.78, 5) is 12.5. The summed E-state index contributed by atoms with van der Waals surface area (Å²) in [6.07, 6.45) is 10.7. The van der Waals surface area contributed by atoms with Gasteiger partial charge in [0.2, 0.25) is 0 Å². The quantitative estimate of drug-likeness (QED) is 0.906. The number of nitrogens with one attached hydrogen (secondary N) is 1. The minimum Gasteiger partial charge on any atom is -0.493 e. The number of amides is 1. The van der Waals surface area contributed by atoms with Crippen LogP contribution in [0.2, 0.25) is 5.02 Å². The molecule has 23 heavy (non-hydrogen) atoms. The molecule has 0 bridgehead atoms. The van der Waals surface area contributed by atoms with Gasteiger partial charge in [0.25, 0.3) is 5.91 Å². The molecule has 5 heteroatoms. The van der Waals surface area contributed by atoms with Crippen LogP contribution in [0.25, 0.3) is 6.08 Å². The monoisotopic (exact) mass is 333 g/mol. The highest BCUT2D eigenvalue weighted by Gasteiger charge is 2.20. The average Bonchev–Trinajstić information content (AvgIpc) is 2.77. The lowest BCUT2D eigenvalue weighted by Crippen LogP contribution is -2.36. The summed E-state index contributed by atoms with van der Waals surface area (Å²) in [6, 6.07) is 3.72. The zero-order valence-electron chi connectivity index (χ0n) is 13.1. The molecule has 1 aromatic rings. The number of carbonyl (C=O) groups excluding carboxylic acids is 1. The van der Waals surface area contributed by atoms with Gasteiger partial charge in [0.05, 0.1) is 13.4 Å². The van der Waals surface area contributed by atoms with E-state index in [2.05, 4.69) is 5.32 Å². The molecular formula is C18H20ClNO3. The molecule has 1 aliphatic carbocycles. The van der Waals surface area contributed by atoms with Gasteiger partial charge in [-0.05, 0) is 31.1 Å². The molecule has 0 saturated heterocycles. The van der Waals surface area contributed by atoms with Gasteiger partial charge in [-0.3, -0.25) is 4.79 Å². The number of methoxy groups -OCH3 is 1. The standard InChI is InChI=1S/C18H20ClNO3/c1-22-16-11-14(19)10-13-9-12(7-8-23-17(13)16)18(21)20-15-5-3-2-4-6-15/h7-11,15H,2-6H2,1H3,(H,20,21). The Morgan fingerprint density at radius 1 is 1.30 bits per heavy atom. The fraction of sp³-hybridized carbons (Fsp3) is 0.389. The first-order chi connectivity index (χ1) is 11.2. The summed E-state index contributed by atoms with van der Waals surface area (Å²) >= 11 is 6.11. The van der Waals surface area contributed by atoms with Crippen LogP contribution in [0.3, 0.4) is 0 Å². The van der Waals surface area contributed by atoms with E-state index in [0.717, 1.165) is 18.4 Å². The van der Waals surface area contributed by atoms with Crippen molar-refractivity contribution >= 4 is 23.6 Å². The third-order valence-electron chi connectivity index (χ3n) is 4.22. The van der Waals surface area contributed by atoms with E-state index in [1.54, 1.807) is 31.4 Å². The third kappa shape index (κ3) is 3.70. The molecule has 1 aromatic carbocycles. The summed E-state index contributed by atoms with van der Waals surface area (Å²) in [5.74, 6) is 1.03. The first kappa shape index (κ1) is 15.9. The van der Waals surface area contributed by atoms with Gasteiger partial charge < -0.3 is 14.8 Å². The largest absolute Gasteiger partial charge is 0.493 e. The van der Waals surface area contributed by atoms with Crippen molar-refractivity contribution in [1.82, 2.24) is 5.32 Å². The van der Waals surface area contributed by atoms with Gasteiger partial charge >= 0.3 is 0 Å². The van der Waals surface area contributed by atoms with Gasteiger partial charge in [0.15, 0.2) is 11.5 Å². The molecule has 0 unspecified atom stereocenters. The zero-order chi connectivity index (χ0) is 16.2. The van der Waals surface area contributed by atoms with E-state index in [4.69, 9.17) is 21.1 Å². The second-order valence-electron chi connectivity index (χ2n) is 5.86. The summed E-state index contributed by atoms with van der Waals surface area (Å²) in [5.41, 5.74) is 1.28. The van der Waals surface area contributed by atoms with Crippen LogP contribution in [0.5, 0.6) is 11.5 Å². The van der Waals surface area contributed by atoms with Crippen molar-refractivity contribution in [2.45, 2.75) is 38.1 Å². The van der Waals surface area contributed by atoms with Gasteiger partial charge in [-0.2, -0.15) is 0 Å². The molecule has 1 heterocycles. The number of fused-ring (bicyclic) bond motifs is 1. The van der Waals surface area contributed by atoms with Crippen molar-refractivity contribution < 1.29 is 14.3 Å². The molecule has 0 spiro atoms. The molecule has 1 fully saturated rings. The summed E-state index contributed by atoms with van der Waals surface area (Å²) in [7, 11) is 1.56. The Morgan fingerprint density at radius 2 is 2.09 bits per heavy atom. The SMILES string of the molecule is COc1cc(Cl)cc2c1OC=CC(C(=O)NC1CCCCC1)=C2. The molecule has 122 valence electrons. The molecular weight excluding hydrogens is 314 g/mol. The van der Waals surface area contributed by atoms with Crippen molar-refractivity contribution in [1.29, 1.82) is 0 Å². The Hall–Kier alpha value is -1.94. The Kier molecular flexibility index (Phi) is 4.91. The van der Waals surface area contributed by atoms with E-state index >= 15 is 0 Å². The number of rotatable bonds is 3. The van der Waals surface area contributed by atoms with E-state index in [1.807, 2.05) is 0 Å². The van der Waals surface area contributed by atoms with E-state index in [9.17, 15) is 4.79 Å². The molecule has 3 rings (SSSR count). The maximum atomic E-state index is 12.5. The Balaban J connectivity index is 1.85. The Morgan fingerprint density at radius 3 is 2.83 bits per heavy atom. The van der Waals surface area contributed by atoms with Gasteiger partial charge in [-0.25, -0.2) is 0 Å². The molecule has 0 radical (unpaired) electrons. The van der Waals surface area contributed by atoms with E-state index in [0.29, 0.717) is 22.1 Å². The van der Waals surface area contributed by atoms with E-state index < -0.39 is 0 Å². The van der Waals surface area contributed by atoms with Gasteiger partial charge in [0, 0.05) is 28.3 Å². The second-order valence-corrected chi connectivity index (χ2v) is 6.29.